The summed E-state index contributed by atoms with van der Waals surface area (Å²) in [6.45, 7) is 3.85. The van der Waals surface area contributed by atoms with Gasteiger partial charge in [0.1, 0.15) is 11.2 Å². The van der Waals surface area contributed by atoms with Crippen molar-refractivity contribution in [3.63, 3.8) is 0 Å². The third kappa shape index (κ3) is 3.25. The van der Waals surface area contributed by atoms with Gasteiger partial charge >= 0.3 is 0 Å². The summed E-state index contributed by atoms with van der Waals surface area (Å²) in [6.07, 6.45) is 6.55. The lowest BCUT2D eigenvalue weighted by Gasteiger charge is -2.21. The number of nitrogens with zero attached hydrogens (tertiary/aromatic N) is 5. The summed E-state index contributed by atoms with van der Waals surface area (Å²) < 4.78 is 1.90. The molecule has 1 aliphatic heterocycles. The molecular formula is C22H23N7O. The van der Waals surface area contributed by atoms with Gasteiger partial charge in [0.25, 0.3) is 5.91 Å². The van der Waals surface area contributed by atoms with E-state index in [1.54, 1.807) is 6.20 Å². The van der Waals surface area contributed by atoms with Gasteiger partial charge in [0.05, 0.1) is 23.1 Å². The number of carbonyl (C=O) groups excluding carboxylic acids is 1. The highest BCUT2D eigenvalue weighted by atomic mass is 16.1. The van der Waals surface area contributed by atoms with Crippen molar-refractivity contribution < 1.29 is 4.79 Å². The van der Waals surface area contributed by atoms with Crippen LogP contribution in [0.25, 0.3) is 16.6 Å². The van der Waals surface area contributed by atoms with E-state index in [-0.39, 0.29) is 5.91 Å². The molecule has 1 aromatic carbocycles. The van der Waals surface area contributed by atoms with Gasteiger partial charge < -0.3 is 19.9 Å². The fraction of sp³-hybridized carbons (Fsp3) is 0.273. The maximum Gasteiger partial charge on any atom is 0.257 e. The number of hydrogen-bond acceptors (Lipinski definition) is 6. The van der Waals surface area contributed by atoms with Crippen molar-refractivity contribution in [3.05, 3.63) is 60.2 Å². The van der Waals surface area contributed by atoms with Crippen LogP contribution >= 0.6 is 0 Å². The quantitative estimate of drug-likeness (QED) is 0.547. The minimum absolute atomic E-state index is 0.210. The Balaban J connectivity index is 1.47. The number of benzene rings is 1. The van der Waals surface area contributed by atoms with Crippen LogP contribution in [-0.2, 0) is 0 Å². The maximum absolute atomic E-state index is 13.1. The highest BCUT2D eigenvalue weighted by Crippen LogP contribution is 2.30. The number of fused-ring (bicyclic) bond motifs is 2. The number of pyridine rings is 1. The molecule has 4 heterocycles. The molecule has 5 rings (SSSR count). The molecule has 0 bridgehead atoms. The minimum atomic E-state index is -0.210. The van der Waals surface area contributed by atoms with Gasteiger partial charge in [-0.3, -0.25) is 4.79 Å². The summed E-state index contributed by atoms with van der Waals surface area (Å²) in [5.41, 5.74) is 4.68. The molecule has 2 N–H and O–H groups in total. The first-order valence-electron chi connectivity index (χ1n) is 10.1. The van der Waals surface area contributed by atoms with Gasteiger partial charge in [0.2, 0.25) is 0 Å². The summed E-state index contributed by atoms with van der Waals surface area (Å²) in [4.78, 5) is 19.8. The normalized spacial score (nSPS) is 16.5. The molecular weight excluding hydrogens is 378 g/mol. The van der Waals surface area contributed by atoms with Gasteiger partial charge in [-0.05, 0) is 50.7 Å². The van der Waals surface area contributed by atoms with E-state index in [1.807, 2.05) is 61.1 Å². The Kier molecular flexibility index (Phi) is 4.55. The summed E-state index contributed by atoms with van der Waals surface area (Å²) in [6, 6.07) is 9.99. The van der Waals surface area contributed by atoms with Crippen molar-refractivity contribution in [2.24, 2.45) is 0 Å². The fourth-order valence-electron chi connectivity index (χ4n) is 4.13. The molecule has 1 amide bonds. The smallest absolute Gasteiger partial charge is 0.257 e. The number of hydrogen-bond donors (Lipinski definition) is 2. The summed E-state index contributed by atoms with van der Waals surface area (Å²) in [7, 11) is 1.99. The fourth-order valence-corrected chi connectivity index (χ4v) is 4.13. The number of nitrogens with one attached hydrogen (secondary N) is 2. The molecule has 3 aromatic heterocycles. The summed E-state index contributed by atoms with van der Waals surface area (Å²) in [5, 5.41) is 15.6. The Morgan fingerprint density at radius 1 is 1.17 bits per heavy atom. The van der Waals surface area contributed by atoms with Gasteiger partial charge in [-0.2, -0.15) is 5.10 Å². The predicted molar refractivity (Wildman–Crippen MR) is 117 cm³/mol. The van der Waals surface area contributed by atoms with Crippen LogP contribution in [0.3, 0.4) is 0 Å². The van der Waals surface area contributed by atoms with Crippen LogP contribution in [0.15, 0.2) is 48.9 Å². The molecule has 1 aliphatic rings. The van der Waals surface area contributed by atoms with Crippen molar-refractivity contribution in [1.82, 2.24) is 24.9 Å². The van der Waals surface area contributed by atoms with E-state index >= 15 is 0 Å². The average Bonchev–Trinajstić information content (AvgIpc) is 3.38. The van der Waals surface area contributed by atoms with Crippen LogP contribution in [0.4, 0.5) is 11.4 Å². The number of aromatic nitrogens is 4. The molecule has 0 spiro atoms. The Hall–Kier alpha value is -3.52. The van der Waals surface area contributed by atoms with Crippen LogP contribution < -0.4 is 15.5 Å². The van der Waals surface area contributed by atoms with E-state index < -0.39 is 0 Å². The number of aryl methyl sites for hydroxylation is 1. The molecule has 8 heteroatoms. The molecule has 30 heavy (non-hydrogen) atoms. The largest absolute Gasteiger partial charge is 0.369 e. The first-order chi connectivity index (χ1) is 14.6. The molecule has 152 valence electrons. The first kappa shape index (κ1) is 18.5. The second kappa shape index (κ2) is 7.38. The van der Waals surface area contributed by atoms with Crippen molar-refractivity contribution in [2.75, 3.05) is 30.4 Å². The Labute approximate surface area is 173 Å². The number of amides is 1. The SMILES string of the molecule is CNC1CCN(c2ccc(C(=O)Nc3ccc4nc(C)cn4c3)c3nnccc23)C1. The van der Waals surface area contributed by atoms with Gasteiger partial charge in [-0.15, -0.1) is 5.10 Å². The maximum atomic E-state index is 13.1. The molecule has 1 unspecified atom stereocenters. The Morgan fingerprint density at radius 2 is 2.07 bits per heavy atom. The molecule has 8 nitrogen and oxygen atoms in total. The predicted octanol–water partition coefficient (Wildman–Crippen LogP) is 2.64. The zero-order valence-electron chi connectivity index (χ0n) is 17.0. The summed E-state index contributed by atoms with van der Waals surface area (Å²) >= 11 is 0. The van der Waals surface area contributed by atoms with Crippen molar-refractivity contribution in [3.8, 4) is 0 Å². The molecule has 0 aliphatic carbocycles. The monoisotopic (exact) mass is 401 g/mol. The second-order valence-electron chi connectivity index (χ2n) is 7.67. The van der Waals surface area contributed by atoms with E-state index in [4.69, 9.17) is 0 Å². The summed E-state index contributed by atoms with van der Waals surface area (Å²) in [5.74, 6) is -0.210. The molecule has 1 saturated heterocycles. The Morgan fingerprint density at radius 3 is 2.90 bits per heavy atom. The lowest BCUT2D eigenvalue weighted by Crippen LogP contribution is -2.29. The van der Waals surface area contributed by atoms with Crippen LogP contribution in [0.5, 0.6) is 0 Å². The van der Waals surface area contributed by atoms with E-state index in [2.05, 4.69) is 30.7 Å². The van der Waals surface area contributed by atoms with Crippen LogP contribution in [0.2, 0.25) is 0 Å². The lowest BCUT2D eigenvalue weighted by atomic mass is 10.1. The van der Waals surface area contributed by atoms with Crippen LogP contribution in [0.1, 0.15) is 22.5 Å². The van der Waals surface area contributed by atoms with Gasteiger partial charge in [0.15, 0.2) is 0 Å². The molecule has 1 atom stereocenters. The first-order valence-corrected chi connectivity index (χ1v) is 10.1. The average molecular weight is 401 g/mol. The molecule has 0 radical (unpaired) electrons. The van der Waals surface area contributed by atoms with Crippen molar-refractivity contribution in [1.29, 1.82) is 0 Å². The highest BCUT2D eigenvalue weighted by Gasteiger charge is 2.24. The number of imidazole rings is 1. The Bertz CT molecular complexity index is 1250. The second-order valence-corrected chi connectivity index (χ2v) is 7.67. The van der Waals surface area contributed by atoms with E-state index in [1.165, 1.54) is 0 Å². The van der Waals surface area contributed by atoms with Crippen molar-refractivity contribution in [2.45, 2.75) is 19.4 Å². The van der Waals surface area contributed by atoms with Gasteiger partial charge in [0, 0.05) is 42.6 Å². The van der Waals surface area contributed by atoms with E-state index in [0.717, 1.165) is 41.9 Å². The molecule has 4 aromatic rings. The molecule has 0 saturated carbocycles. The topological polar surface area (TPSA) is 87.5 Å². The number of likely N-dealkylation sites (N-methyl/N-ethyl adjacent to an activating group) is 1. The number of rotatable bonds is 4. The zero-order chi connectivity index (χ0) is 20.7. The number of anilines is 2. The van der Waals surface area contributed by atoms with E-state index in [9.17, 15) is 4.79 Å². The third-order valence-corrected chi connectivity index (χ3v) is 5.67. The standard InChI is InChI=1S/C22H23N7O/c1-14-11-29-13-16(3-6-20(29)25-14)26-22(30)18-4-5-19(17-7-9-24-27-21(17)18)28-10-8-15(12-28)23-2/h3-7,9,11,13,15,23H,8,10,12H2,1-2H3,(H,26,30). The van der Waals surface area contributed by atoms with E-state index in [0.29, 0.717) is 22.8 Å². The third-order valence-electron chi connectivity index (χ3n) is 5.67. The number of carbonyl (C=O) groups is 1. The van der Waals surface area contributed by atoms with Crippen LogP contribution in [-0.4, -0.2) is 51.7 Å². The van der Waals surface area contributed by atoms with Crippen LogP contribution in [0, 0.1) is 6.92 Å². The van der Waals surface area contributed by atoms with Gasteiger partial charge in [-0.1, -0.05) is 0 Å². The highest BCUT2D eigenvalue weighted by molar-refractivity contribution is 6.13. The molecule has 1 fully saturated rings. The van der Waals surface area contributed by atoms with Gasteiger partial charge in [-0.25, -0.2) is 4.98 Å². The minimum Gasteiger partial charge on any atom is -0.369 e. The zero-order valence-corrected chi connectivity index (χ0v) is 17.0. The lowest BCUT2D eigenvalue weighted by molar-refractivity contribution is 0.102. The van der Waals surface area contributed by atoms with Crippen molar-refractivity contribution >= 4 is 33.8 Å².